The topological polar surface area (TPSA) is 83.0 Å². The van der Waals surface area contributed by atoms with Gasteiger partial charge in [-0.3, -0.25) is 9.78 Å². The van der Waals surface area contributed by atoms with Crippen LogP contribution in [0.5, 0.6) is 0 Å². The lowest BCUT2D eigenvalue weighted by Crippen LogP contribution is -2.16. The second-order valence-corrected chi connectivity index (χ2v) is 3.09. The van der Waals surface area contributed by atoms with Gasteiger partial charge in [-0.25, -0.2) is 5.43 Å². The molecular weight excluding hydrogens is 194 g/mol. The maximum absolute atomic E-state index is 11.2. The van der Waals surface area contributed by atoms with E-state index in [1.807, 2.05) is 13.8 Å². The van der Waals surface area contributed by atoms with Crippen LogP contribution < -0.4 is 11.0 Å². The molecule has 0 saturated carbocycles. The van der Waals surface area contributed by atoms with Crippen LogP contribution in [0.1, 0.15) is 32.4 Å². The number of hydrogen-bond donors (Lipinski definition) is 2. The first-order chi connectivity index (χ1) is 7.17. The fraction of sp³-hybridized carbons (Fsp3) is 0.556. The van der Waals surface area contributed by atoms with E-state index in [1.54, 1.807) is 6.92 Å². The highest BCUT2D eigenvalue weighted by atomic mass is 16.1. The van der Waals surface area contributed by atoms with Crippen molar-refractivity contribution in [3.05, 3.63) is 16.0 Å². The first kappa shape index (κ1) is 11.4. The molecule has 0 saturated heterocycles. The van der Waals surface area contributed by atoms with Gasteiger partial charge < -0.3 is 0 Å². The molecule has 0 spiro atoms. The fourth-order valence-corrected chi connectivity index (χ4v) is 0.984. The monoisotopic (exact) mass is 209 g/mol. The van der Waals surface area contributed by atoms with E-state index < -0.39 is 0 Å². The average molecular weight is 209 g/mol. The summed E-state index contributed by atoms with van der Waals surface area (Å²) in [5.74, 6) is 0.269. The SMILES string of the molecule is CCC(CC)=NNc1nnc(C)c(=O)[nH]1. The number of H-pyrrole nitrogens is 1. The van der Waals surface area contributed by atoms with Crippen LogP contribution in [0.4, 0.5) is 5.95 Å². The second-order valence-electron chi connectivity index (χ2n) is 3.09. The summed E-state index contributed by atoms with van der Waals surface area (Å²) in [6.07, 6.45) is 1.74. The van der Waals surface area contributed by atoms with Crippen molar-refractivity contribution in [1.29, 1.82) is 0 Å². The molecule has 6 nitrogen and oxygen atoms in total. The van der Waals surface area contributed by atoms with Crippen molar-refractivity contribution >= 4 is 11.7 Å². The lowest BCUT2D eigenvalue weighted by molar-refractivity contribution is 0.895. The Balaban J connectivity index is 2.77. The normalized spacial score (nSPS) is 9.80. The van der Waals surface area contributed by atoms with Crippen LogP contribution in [0.3, 0.4) is 0 Å². The molecule has 0 aromatic carbocycles. The van der Waals surface area contributed by atoms with Gasteiger partial charge in [0.1, 0.15) is 5.69 Å². The van der Waals surface area contributed by atoms with E-state index in [9.17, 15) is 4.79 Å². The zero-order valence-electron chi connectivity index (χ0n) is 9.16. The minimum absolute atomic E-state index is 0.253. The van der Waals surface area contributed by atoms with Gasteiger partial charge >= 0.3 is 0 Å². The number of aromatic nitrogens is 3. The predicted molar refractivity (Wildman–Crippen MR) is 59.0 cm³/mol. The number of rotatable bonds is 4. The van der Waals surface area contributed by atoms with Gasteiger partial charge in [-0.1, -0.05) is 13.8 Å². The number of hydrazone groups is 1. The molecule has 0 bridgehead atoms. The number of nitrogens with one attached hydrogen (secondary N) is 2. The van der Waals surface area contributed by atoms with Crippen LogP contribution in [-0.2, 0) is 0 Å². The Morgan fingerprint density at radius 3 is 2.60 bits per heavy atom. The van der Waals surface area contributed by atoms with Crippen molar-refractivity contribution in [1.82, 2.24) is 15.2 Å². The molecule has 0 unspecified atom stereocenters. The van der Waals surface area contributed by atoms with Crippen LogP contribution in [0.25, 0.3) is 0 Å². The van der Waals surface area contributed by atoms with Crippen molar-refractivity contribution < 1.29 is 0 Å². The number of anilines is 1. The minimum atomic E-state index is -0.253. The molecule has 0 aliphatic carbocycles. The van der Waals surface area contributed by atoms with E-state index in [4.69, 9.17) is 0 Å². The summed E-state index contributed by atoms with van der Waals surface area (Å²) in [7, 11) is 0. The summed E-state index contributed by atoms with van der Waals surface area (Å²) in [6.45, 7) is 5.64. The summed E-state index contributed by atoms with van der Waals surface area (Å²) < 4.78 is 0. The highest BCUT2D eigenvalue weighted by molar-refractivity contribution is 5.84. The maximum atomic E-state index is 11.2. The van der Waals surface area contributed by atoms with Gasteiger partial charge in [0.15, 0.2) is 0 Å². The fourth-order valence-electron chi connectivity index (χ4n) is 0.984. The molecule has 1 aromatic heterocycles. The van der Waals surface area contributed by atoms with Crippen LogP contribution >= 0.6 is 0 Å². The molecule has 1 rings (SSSR count). The standard InChI is InChI=1S/C9H15N5O/c1-4-7(5-2)12-14-9-10-8(15)6(3)11-13-9/h4-5H2,1-3H3,(H2,10,13,14,15). The van der Waals surface area contributed by atoms with Crippen molar-refractivity contribution in [3.8, 4) is 0 Å². The molecule has 15 heavy (non-hydrogen) atoms. The van der Waals surface area contributed by atoms with E-state index in [0.717, 1.165) is 18.6 Å². The number of nitrogens with zero attached hydrogens (tertiary/aromatic N) is 3. The van der Waals surface area contributed by atoms with Crippen LogP contribution in [-0.4, -0.2) is 20.9 Å². The third-order valence-corrected chi connectivity index (χ3v) is 2.00. The van der Waals surface area contributed by atoms with Gasteiger partial charge in [0, 0.05) is 5.71 Å². The molecule has 0 aliphatic heterocycles. The summed E-state index contributed by atoms with van der Waals surface area (Å²) in [4.78, 5) is 13.7. The highest BCUT2D eigenvalue weighted by Gasteiger charge is 1.98. The second kappa shape index (κ2) is 5.23. The van der Waals surface area contributed by atoms with Crippen LogP contribution in [0.2, 0.25) is 0 Å². The smallest absolute Gasteiger partial charge is 0.274 e. The molecule has 0 aliphatic rings. The van der Waals surface area contributed by atoms with Crippen LogP contribution in [0.15, 0.2) is 9.90 Å². The van der Waals surface area contributed by atoms with Gasteiger partial charge in [0.05, 0.1) is 0 Å². The Kier molecular flexibility index (Phi) is 3.96. The first-order valence-corrected chi connectivity index (χ1v) is 4.92. The molecule has 0 radical (unpaired) electrons. The highest BCUT2D eigenvalue weighted by Crippen LogP contribution is 1.95. The minimum Gasteiger partial charge on any atom is -0.288 e. The molecule has 0 fully saturated rings. The van der Waals surface area contributed by atoms with E-state index >= 15 is 0 Å². The molecule has 1 heterocycles. The Morgan fingerprint density at radius 1 is 1.40 bits per heavy atom. The summed E-state index contributed by atoms with van der Waals surface area (Å²) in [5.41, 5.74) is 3.78. The molecular formula is C9H15N5O. The Labute approximate surface area is 87.8 Å². The summed E-state index contributed by atoms with van der Waals surface area (Å²) >= 11 is 0. The molecule has 1 aromatic rings. The Morgan fingerprint density at radius 2 is 2.07 bits per heavy atom. The van der Waals surface area contributed by atoms with Gasteiger partial charge in [-0.05, 0) is 19.8 Å². The van der Waals surface area contributed by atoms with Gasteiger partial charge in [0.25, 0.3) is 5.56 Å². The molecule has 0 atom stereocenters. The van der Waals surface area contributed by atoms with Crippen molar-refractivity contribution in [2.24, 2.45) is 5.10 Å². The third-order valence-electron chi connectivity index (χ3n) is 2.00. The first-order valence-electron chi connectivity index (χ1n) is 4.92. The van der Waals surface area contributed by atoms with Crippen molar-refractivity contribution in [3.63, 3.8) is 0 Å². The average Bonchev–Trinajstić information content (AvgIpc) is 2.24. The van der Waals surface area contributed by atoms with Gasteiger partial charge in [-0.2, -0.15) is 5.10 Å². The van der Waals surface area contributed by atoms with E-state index in [-0.39, 0.29) is 11.5 Å². The van der Waals surface area contributed by atoms with E-state index in [1.165, 1.54) is 0 Å². The zero-order valence-corrected chi connectivity index (χ0v) is 9.16. The molecule has 2 N–H and O–H groups in total. The van der Waals surface area contributed by atoms with Gasteiger partial charge in [0.2, 0.25) is 5.95 Å². The summed E-state index contributed by atoms with van der Waals surface area (Å²) in [6, 6.07) is 0. The Hall–Kier alpha value is -1.72. The van der Waals surface area contributed by atoms with E-state index in [2.05, 4.69) is 25.7 Å². The number of aryl methyl sites for hydroxylation is 1. The van der Waals surface area contributed by atoms with Crippen molar-refractivity contribution in [2.45, 2.75) is 33.6 Å². The van der Waals surface area contributed by atoms with Crippen molar-refractivity contribution in [2.75, 3.05) is 5.43 Å². The molecule has 0 amide bonds. The van der Waals surface area contributed by atoms with Crippen LogP contribution in [0, 0.1) is 6.92 Å². The zero-order chi connectivity index (χ0) is 11.3. The van der Waals surface area contributed by atoms with E-state index in [0.29, 0.717) is 5.69 Å². The quantitative estimate of drug-likeness (QED) is 0.573. The number of aromatic amines is 1. The lowest BCUT2D eigenvalue weighted by Gasteiger charge is -2.01. The maximum Gasteiger partial charge on any atom is 0.274 e. The lowest BCUT2D eigenvalue weighted by atomic mass is 10.2. The largest absolute Gasteiger partial charge is 0.288 e. The predicted octanol–water partition coefficient (Wildman–Crippen LogP) is 1.06. The molecule has 82 valence electrons. The molecule has 6 heteroatoms. The third kappa shape index (κ3) is 3.16. The number of hydrogen-bond acceptors (Lipinski definition) is 5. The Bertz CT molecular complexity index is 403. The summed E-state index contributed by atoms with van der Waals surface area (Å²) in [5, 5.41) is 11.5. The van der Waals surface area contributed by atoms with Gasteiger partial charge in [-0.15, -0.1) is 10.2 Å².